The van der Waals surface area contributed by atoms with Crippen molar-refractivity contribution in [3.63, 3.8) is 0 Å². The van der Waals surface area contributed by atoms with Gasteiger partial charge in [0.15, 0.2) is 0 Å². The van der Waals surface area contributed by atoms with Gasteiger partial charge in [-0.15, -0.1) is 11.3 Å². The molecule has 0 bridgehead atoms. The first kappa shape index (κ1) is 13.5. The second-order valence-corrected chi connectivity index (χ2v) is 6.76. The number of thiophene rings is 1. The number of aromatic nitrogens is 2. The summed E-state index contributed by atoms with van der Waals surface area (Å²) in [5, 5.41) is 10.7. The van der Waals surface area contributed by atoms with Gasteiger partial charge in [-0.2, -0.15) is 0 Å². The van der Waals surface area contributed by atoms with E-state index >= 15 is 0 Å². The summed E-state index contributed by atoms with van der Waals surface area (Å²) in [4.78, 5) is 22.1. The maximum Gasteiger partial charge on any atom is 0.260 e. The molecule has 4 nitrogen and oxygen atoms in total. The number of para-hydroxylation sites is 1. The third-order valence-corrected chi connectivity index (χ3v) is 5.42. The molecule has 5 heteroatoms. The highest BCUT2D eigenvalue weighted by molar-refractivity contribution is 7.18. The van der Waals surface area contributed by atoms with Crippen LogP contribution in [0, 0.1) is 0 Å². The number of fused-ring (bicyclic) bond motifs is 3. The Balaban J connectivity index is 1.95. The second-order valence-electron chi connectivity index (χ2n) is 5.68. The highest BCUT2D eigenvalue weighted by Crippen LogP contribution is 2.34. The van der Waals surface area contributed by atoms with Gasteiger partial charge in [-0.1, -0.05) is 18.6 Å². The standard InChI is InChI=1S/C17H16N2O2S/c20-12-8-5-4-6-10(12)15-18-16(21)14-11-7-2-1-3-9-13(11)22-17(14)19-15/h4-6,8,20H,1-3,7,9H2,(H,18,19,21). The summed E-state index contributed by atoms with van der Waals surface area (Å²) < 4.78 is 0. The minimum absolute atomic E-state index is 0.0948. The van der Waals surface area contributed by atoms with Crippen LogP contribution in [0.3, 0.4) is 0 Å². The van der Waals surface area contributed by atoms with Crippen LogP contribution in [0.5, 0.6) is 5.75 Å². The van der Waals surface area contributed by atoms with Gasteiger partial charge in [0.05, 0.1) is 10.9 Å². The van der Waals surface area contributed by atoms with Crippen molar-refractivity contribution < 1.29 is 5.11 Å². The van der Waals surface area contributed by atoms with E-state index in [0.29, 0.717) is 11.4 Å². The van der Waals surface area contributed by atoms with E-state index in [2.05, 4.69) is 9.97 Å². The molecule has 2 heterocycles. The lowest BCUT2D eigenvalue weighted by atomic mass is 10.1. The van der Waals surface area contributed by atoms with Crippen molar-refractivity contribution in [3.05, 3.63) is 45.1 Å². The maximum absolute atomic E-state index is 12.6. The third kappa shape index (κ3) is 2.13. The average molecular weight is 312 g/mol. The lowest BCUT2D eigenvalue weighted by Gasteiger charge is -2.04. The van der Waals surface area contributed by atoms with Gasteiger partial charge >= 0.3 is 0 Å². The van der Waals surface area contributed by atoms with Gasteiger partial charge in [0.1, 0.15) is 16.4 Å². The Hall–Kier alpha value is -2.14. The quantitative estimate of drug-likeness (QED) is 0.674. The van der Waals surface area contributed by atoms with Crippen molar-refractivity contribution in [2.24, 2.45) is 0 Å². The van der Waals surface area contributed by atoms with Crippen molar-refractivity contribution in [1.29, 1.82) is 0 Å². The van der Waals surface area contributed by atoms with Crippen LogP contribution in [0.25, 0.3) is 21.6 Å². The highest BCUT2D eigenvalue weighted by Gasteiger charge is 2.19. The third-order valence-electron chi connectivity index (χ3n) is 4.23. The first-order valence-corrected chi connectivity index (χ1v) is 8.38. The zero-order chi connectivity index (χ0) is 15.1. The SMILES string of the molecule is O=c1[nH]c(-c2ccccc2O)nc2sc3c(c12)CCCCC3. The van der Waals surface area contributed by atoms with Crippen molar-refractivity contribution in [3.8, 4) is 17.1 Å². The van der Waals surface area contributed by atoms with E-state index in [1.165, 1.54) is 23.3 Å². The summed E-state index contributed by atoms with van der Waals surface area (Å²) in [6.07, 6.45) is 5.56. The zero-order valence-electron chi connectivity index (χ0n) is 12.1. The molecule has 0 radical (unpaired) electrons. The van der Waals surface area contributed by atoms with Crippen LogP contribution in [0.15, 0.2) is 29.1 Å². The molecule has 0 saturated carbocycles. The molecular weight excluding hydrogens is 296 g/mol. The van der Waals surface area contributed by atoms with Gasteiger partial charge in [-0.25, -0.2) is 4.98 Å². The van der Waals surface area contributed by atoms with Crippen LogP contribution in [0.4, 0.5) is 0 Å². The number of phenols is 1. The van der Waals surface area contributed by atoms with Crippen LogP contribution in [-0.4, -0.2) is 15.1 Å². The Morgan fingerprint density at radius 1 is 1.14 bits per heavy atom. The molecule has 0 unspecified atom stereocenters. The molecule has 112 valence electrons. The minimum atomic E-state index is -0.0948. The van der Waals surface area contributed by atoms with Crippen molar-refractivity contribution in [2.45, 2.75) is 32.1 Å². The number of rotatable bonds is 1. The Kier molecular flexibility index (Phi) is 3.22. The van der Waals surface area contributed by atoms with Crippen LogP contribution in [0.2, 0.25) is 0 Å². The fraction of sp³-hybridized carbons (Fsp3) is 0.294. The minimum Gasteiger partial charge on any atom is -0.507 e. The summed E-state index contributed by atoms with van der Waals surface area (Å²) in [5.74, 6) is 0.565. The molecule has 2 aromatic heterocycles. The van der Waals surface area contributed by atoms with Crippen LogP contribution >= 0.6 is 11.3 Å². The van der Waals surface area contributed by atoms with Gasteiger partial charge < -0.3 is 10.1 Å². The summed E-state index contributed by atoms with van der Waals surface area (Å²) >= 11 is 1.63. The van der Waals surface area contributed by atoms with E-state index in [4.69, 9.17) is 0 Å². The molecule has 0 atom stereocenters. The van der Waals surface area contributed by atoms with Crippen molar-refractivity contribution in [1.82, 2.24) is 9.97 Å². The number of benzene rings is 1. The molecule has 3 aromatic rings. The topological polar surface area (TPSA) is 66.0 Å². The molecular formula is C17H16N2O2S. The molecule has 0 amide bonds. The zero-order valence-corrected chi connectivity index (χ0v) is 12.9. The molecule has 0 saturated heterocycles. The number of aromatic hydroxyl groups is 1. The number of hydrogen-bond acceptors (Lipinski definition) is 4. The molecule has 1 aliphatic rings. The number of aryl methyl sites for hydroxylation is 2. The van der Waals surface area contributed by atoms with Gasteiger partial charge in [-0.3, -0.25) is 4.79 Å². The summed E-state index contributed by atoms with van der Waals surface area (Å²) in [7, 11) is 0. The number of H-pyrrole nitrogens is 1. The van der Waals surface area contributed by atoms with Gasteiger partial charge in [-0.05, 0) is 43.4 Å². The summed E-state index contributed by atoms with van der Waals surface area (Å²) in [6, 6.07) is 6.94. The number of phenolic OH excluding ortho intramolecular Hbond substituents is 1. The van der Waals surface area contributed by atoms with E-state index < -0.39 is 0 Å². The average Bonchev–Trinajstić information content (AvgIpc) is 2.70. The van der Waals surface area contributed by atoms with Crippen LogP contribution in [0.1, 0.15) is 29.7 Å². The lowest BCUT2D eigenvalue weighted by Crippen LogP contribution is -2.10. The fourth-order valence-electron chi connectivity index (χ4n) is 3.14. The molecule has 1 aliphatic carbocycles. The van der Waals surface area contributed by atoms with E-state index in [0.717, 1.165) is 29.5 Å². The number of nitrogens with one attached hydrogen (secondary N) is 1. The highest BCUT2D eigenvalue weighted by atomic mass is 32.1. The van der Waals surface area contributed by atoms with E-state index in [1.807, 2.05) is 6.07 Å². The summed E-state index contributed by atoms with van der Waals surface area (Å²) in [5.41, 5.74) is 1.66. The first-order chi connectivity index (χ1) is 10.7. The number of nitrogens with zero attached hydrogens (tertiary/aromatic N) is 1. The fourth-order valence-corrected chi connectivity index (χ4v) is 4.40. The predicted molar refractivity (Wildman–Crippen MR) is 88.6 cm³/mol. The monoisotopic (exact) mass is 312 g/mol. The Bertz CT molecular complexity index is 911. The Labute approximate surface area is 131 Å². The maximum atomic E-state index is 12.6. The van der Waals surface area contributed by atoms with Crippen molar-refractivity contribution in [2.75, 3.05) is 0 Å². The molecule has 22 heavy (non-hydrogen) atoms. The number of aromatic amines is 1. The molecule has 0 spiro atoms. The Morgan fingerprint density at radius 3 is 2.82 bits per heavy atom. The lowest BCUT2D eigenvalue weighted by molar-refractivity contribution is 0.477. The predicted octanol–water partition coefficient (Wildman–Crippen LogP) is 3.63. The van der Waals surface area contributed by atoms with Gasteiger partial charge in [0, 0.05) is 4.88 Å². The second kappa shape index (κ2) is 5.25. The molecule has 0 aliphatic heterocycles. The van der Waals surface area contributed by atoms with Crippen LogP contribution < -0.4 is 5.56 Å². The molecule has 1 aromatic carbocycles. The molecule has 2 N–H and O–H groups in total. The normalized spacial score (nSPS) is 14.7. The molecule has 0 fully saturated rings. The van der Waals surface area contributed by atoms with E-state index in [9.17, 15) is 9.90 Å². The largest absolute Gasteiger partial charge is 0.507 e. The van der Waals surface area contributed by atoms with Crippen LogP contribution in [-0.2, 0) is 12.8 Å². The van der Waals surface area contributed by atoms with E-state index in [-0.39, 0.29) is 11.3 Å². The summed E-state index contributed by atoms with van der Waals surface area (Å²) in [6.45, 7) is 0. The van der Waals surface area contributed by atoms with Gasteiger partial charge in [0.25, 0.3) is 5.56 Å². The van der Waals surface area contributed by atoms with E-state index in [1.54, 1.807) is 29.5 Å². The first-order valence-electron chi connectivity index (χ1n) is 7.57. The number of hydrogen-bond donors (Lipinski definition) is 2. The van der Waals surface area contributed by atoms with Gasteiger partial charge in [0.2, 0.25) is 0 Å². The smallest absolute Gasteiger partial charge is 0.260 e. The molecule has 4 rings (SSSR count). The Morgan fingerprint density at radius 2 is 1.95 bits per heavy atom. The van der Waals surface area contributed by atoms with Crippen molar-refractivity contribution >= 4 is 21.6 Å².